The van der Waals surface area contributed by atoms with Crippen LogP contribution in [0.4, 0.5) is 15.5 Å². The summed E-state index contributed by atoms with van der Waals surface area (Å²) in [6, 6.07) is 14.8. The third-order valence-corrected chi connectivity index (χ3v) is 6.50. The first-order valence-corrected chi connectivity index (χ1v) is 11.1. The smallest absolute Gasteiger partial charge is 0.414 e. The Hall–Kier alpha value is -3.37. The highest BCUT2D eigenvalue weighted by Gasteiger charge is 2.30. The van der Waals surface area contributed by atoms with E-state index < -0.39 is 17.4 Å². The Labute approximate surface area is 186 Å². The molecule has 1 atom stereocenters. The van der Waals surface area contributed by atoms with Gasteiger partial charge in [-0.3, -0.25) is 14.9 Å². The Morgan fingerprint density at radius 2 is 1.97 bits per heavy atom. The standard InChI is InChI=1S/C21H18N4O4S2/c1-2-29-21(28)25-16(26)13-11-15(12-7-4-3-5-8-12)30-18(13)24-17(27)20-23-14-9-6-10-22-19(14)31-20/h3-11,20,23H,2H2,1H3,(H,24,27)(H,25,26,28). The minimum Gasteiger partial charge on any atom is -0.450 e. The van der Waals surface area contributed by atoms with Crippen LogP contribution in [0.2, 0.25) is 0 Å². The highest BCUT2D eigenvalue weighted by atomic mass is 32.2. The molecule has 0 aliphatic carbocycles. The number of rotatable bonds is 5. The normalized spacial score (nSPS) is 14.3. The van der Waals surface area contributed by atoms with Crippen molar-refractivity contribution >= 4 is 51.7 Å². The summed E-state index contributed by atoms with van der Waals surface area (Å²) in [6.45, 7) is 1.79. The lowest BCUT2D eigenvalue weighted by Gasteiger charge is -2.11. The lowest BCUT2D eigenvalue weighted by Crippen LogP contribution is -2.32. The van der Waals surface area contributed by atoms with E-state index in [1.54, 1.807) is 25.3 Å². The van der Waals surface area contributed by atoms with E-state index in [0.29, 0.717) is 5.00 Å². The van der Waals surface area contributed by atoms with E-state index in [2.05, 4.69) is 20.9 Å². The van der Waals surface area contributed by atoms with Crippen molar-refractivity contribution in [2.75, 3.05) is 17.2 Å². The third-order valence-electron chi connectivity index (χ3n) is 4.29. The van der Waals surface area contributed by atoms with Crippen LogP contribution in [-0.4, -0.2) is 34.9 Å². The Kier molecular flexibility index (Phi) is 6.19. The number of nitrogens with one attached hydrogen (secondary N) is 3. The predicted molar refractivity (Wildman–Crippen MR) is 120 cm³/mol. The van der Waals surface area contributed by atoms with E-state index in [1.807, 2.05) is 36.4 Å². The number of hydrogen-bond donors (Lipinski definition) is 3. The average Bonchev–Trinajstić information content (AvgIpc) is 3.39. The fraction of sp³-hybridized carbons (Fsp3) is 0.143. The van der Waals surface area contributed by atoms with Crippen LogP contribution in [0, 0.1) is 0 Å². The maximum atomic E-state index is 12.9. The Bertz CT molecular complexity index is 1110. The van der Waals surface area contributed by atoms with Crippen molar-refractivity contribution in [3.8, 4) is 10.4 Å². The molecule has 3 N–H and O–H groups in total. The number of ether oxygens (including phenoxy) is 1. The summed E-state index contributed by atoms with van der Waals surface area (Å²) >= 11 is 2.55. The maximum Gasteiger partial charge on any atom is 0.414 e. The number of amides is 3. The van der Waals surface area contributed by atoms with Crippen LogP contribution in [-0.2, 0) is 9.53 Å². The van der Waals surface area contributed by atoms with E-state index in [4.69, 9.17) is 4.74 Å². The monoisotopic (exact) mass is 454 g/mol. The number of hydrogen-bond acceptors (Lipinski definition) is 8. The van der Waals surface area contributed by atoms with Crippen LogP contribution >= 0.6 is 23.1 Å². The van der Waals surface area contributed by atoms with Crippen LogP contribution in [0.3, 0.4) is 0 Å². The van der Waals surface area contributed by atoms with Gasteiger partial charge in [-0.05, 0) is 30.7 Å². The number of carbonyl (C=O) groups excluding carboxylic acids is 3. The zero-order valence-corrected chi connectivity index (χ0v) is 18.0. The average molecular weight is 455 g/mol. The highest BCUT2D eigenvalue weighted by molar-refractivity contribution is 8.01. The largest absolute Gasteiger partial charge is 0.450 e. The van der Waals surface area contributed by atoms with Crippen molar-refractivity contribution in [1.29, 1.82) is 0 Å². The van der Waals surface area contributed by atoms with Gasteiger partial charge in [0, 0.05) is 11.1 Å². The Balaban J connectivity index is 1.58. The lowest BCUT2D eigenvalue weighted by atomic mass is 10.1. The van der Waals surface area contributed by atoms with Crippen molar-refractivity contribution < 1.29 is 19.1 Å². The summed E-state index contributed by atoms with van der Waals surface area (Å²) in [7, 11) is 0. The van der Waals surface area contributed by atoms with Crippen molar-refractivity contribution in [3.05, 3.63) is 60.3 Å². The number of anilines is 2. The van der Waals surface area contributed by atoms with Gasteiger partial charge in [-0.2, -0.15) is 0 Å². The maximum absolute atomic E-state index is 12.9. The molecule has 0 fully saturated rings. The fourth-order valence-electron chi connectivity index (χ4n) is 2.90. The summed E-state index contributed by atoms with van der Waals surface area (Å²) < 4.78 is 4.79. The topological polar surface area (TPSA) is 109 Å². The third kappa shape index (κ3) is 4.70. The molecule has 1 aliphatic rings. The van der Waals surface area contributed by atoms with Gasteiger partial charge in [0.05, 0.1) is 17.9 Å². The van der Waals surface area contributed by atoms with Crippen LogP contribution in [0.5, 0.6) is 0 Å². The quantitative estimate of drug-likeness (QED) is 0.531. The van der Waals surface area contributed by atoms with Crippen LogP contribution in [0.15, 0.2) is 59.8 Å². The van der Waals surface area contributed by atoms with Gasteiger partial charge in [0.2, 0.25) is 0 Å². The molecule has 4 rings (SSSR count). The van der Waals surface area contributed by atoms with Gasteiger partial charge in [-0.15, -0.1) is 11.3 Å². The van der Waals surface area contributed by atoms with E-state index in [9.17, 15) is 14.4 Å². The molecule has 1 aromatic carbocycles. The van der Waals surface area contributed by atoms with Crippen LogP contribution in [0.1, 0.15) is 17.3 Å². The zero-order valence-electron chi connectivity index (χ0n) is 16.4. The number of thioether (sulfide) groups is 1. The van der Waals surface area contributed by atoms with E-state index in [0.717, 1.165) is 21.2 Å². The molecule has 3 amide bonds. The molecule has 0 bridgehead atoms. The van der Waals surface area contributed by atoms with Gasteiger partial charge in [0.1, 0.15) is 10.0 Å². The minimum absolute atomic E-state index is 0.140. The molecular weight excluding hydrogens is 436 g/mol. The second-order valence-electron chi connectivity index (χ2n) is 6.38. The molecule has 8 nitrogen and oxygen atoms in total. The first-order chi connectivity index (χ1) is 15.0. The first-order valence-electron chi connectivity index (χ1n) is 9.41. The molecular formula is C21H18N4O4S2. The molecule has 0 spiro atoms. The zero-order chi connectivity index (χ0) is 21.8. The summed E-state index contributed by atoms with van der Waals surface area (Å²) in [6.07, 6.45) is 0.823. The molecule has 0 saturated carbocycles. The number of fused-ring (bicyclic) bond motifs is 1. The van der Waals surface area contributed by atoms with Gasteiger partial charge in [-0.1, -0.05) is 42.1 Å². The number of pyridine rings is 1. The Morgan fingerprint density at radius 3 is 2.71 bits per heavy atom. The summed E-state index contributed by atoms with van der Waals surface area (Å²) in [4.78, 5) is 42.3. The van der Waals surface area contributed by atoms with Gasteiger partial charge < -0.3 is 15.4 Å². The molecule has 1 unspecified atom stereocenters. The number of thiophene rings is 1. The molecule has 10 heteroatoms. The number of nitrogens with zero attached hydrogens (tertiary/aromatic N) is 1. The molecule has 3 aromatic rings. The first kappa shape index (κ1) is 20.9. The van der Waals surface area contributed by atoms with Gasteiger partial charge in [-0.25, -0.2) is 9.78 Å². The SMILES string of the molecule is CCOC(=O)NC(=O)c1cc(-c2ccccc2)sc1NC(=O)C1Nc2cccnc2S1. The molecule has 0 radical (unpaired) electrons. The lowest BCUT2D eigenvalue weighted by molar-refractivity contribution is -0.115. The summed E-state index contributed by atoms with van der Waals surface area (Å²) in [5.74, 6) is -0.973. The van der Waals surface area contributed by atoms with Gasteiger partial charge in [0.25, 0.3) is 11.8 Å². The number of benzene rings is 1. The van der Waals surface area contributed by atoms with Crippen LogP contribution < -0.4 is 16.0 Å². The van der Waals surface area contributed by atoms with E-state index >= 15 is 0 Å². The van der Waals surface area contributed by atoms with Gasteiger partial charge in [0.15, 0.2) is 5.37 Å². The molecule has 0 saturated heterocycles. The molecule has 3 heterocycles. The van der Waals surface area contributed by atoms with Crippen molar-refractivity contribution in [2.45, 2.75) is 17.3 Å². The fourth-order valence-corrected chi connectivity index (χ4v) is 4.91. The van der Waals surface area contributed by atoms with Crippen LogP contribution in [0.25, 0.3) is 10.4 Å². The molecule has 158 valence electrons. The molecule has 2 aromatic heterocycles. The Morgan fingerprint density at radius 1 is 1.16 bits per heavy atom. The highest BCUT2D eigenvalue weighted by Crippen LogP contribution is 2.39. The predicted octanol–water partition coefficient (Wildman–Crippen LogP) is 4.18. The summed E-state index contributed by atoms with van der Waals surface area (Å²) in [5.41, 5.74) is 1.86. The number of alkyl carbamates (subject to hydrolysis) is 1. The summed E-state index contributed by atoms with van der Waals surface area (Å²) in [5, 5.41) is 8.60. The van der Waals surface area contributed by atoms with Crippen molar-refractivity contribution in [3.63, 3.8) is 0 Å². The van der Waals surface area contributed by atoms with Gasteiger partial charge >= 0.3 is 6.09 Å². The number of aromatic nitrogens is 1. The molecule has 31 heavy (non-hydrogen) atoms. The molecule has 1 aliphatic heterocycles. The van der Waals surface area contributed by atoms with E-state index in [1.165, 1.54) is 23.1 Å². The number of imide groups is 1. The second kappa shape index (κ2) is 9.19. The second-order valence-corrected chi connectivity index (χ2v) is 8.53. The van der Waals surface area contributed by atoms with Crippen molar-refractivity contribution in [1.82, 2.24) is 10.3 Å². The van der Waals surface area contributed by atoms with E-state index in [-0.39, 0.29) is 18.1 Å². The minimum atomic E-state index is -0.841. The van der Waals surface area contributed by atoms with Crippen molar-refractivity contribution in [2.24, 2.45) is 0 Å². The number of carbonyl (C=O) groups is 3.